The summed E-state index contributed by atoms with van der Waals surface area (Å²) in [6, 6.07) is 10.1. The molecule has 46 heavy (non-hydrogen) atoms. The Morgan fingerprint density at radius 1 is 0.500 bits per heavy atom. The summed E-state index contributed by atoms with van der Waals surface area (Å²) < 4.78 is 139. The largest absolute Gasteiger partial charge is 0.422 e. The van der Waals surface area contributed by atoms with E-state index < -0.39 is 69.0 Å². The van der Waals surface area contributed by atoms with Crippen LogP contribution in [0.1, 0.15) is 11.1 Å². The Kier molecular flexibility index (Phi) is 7.78. The van der Waals surface area contributed by atoms with Crippen molar-refractivity contribution in [3.05, 3.63) is 79.9 Å². The molecule has 3 aromatic carbocycles. The van der Waals surface area contributed by atoms with Crippen LogP contribution in [0.5, 0.6) is 0 Å². The zero-order valence-corrected chi connectivity index (χ0v) is 23.5. The first kappa shape index (κ1) is 32.0. The first-order chi connectivity index (χ1) is 21.5. The van der Waals surface area contributed by atoms with Gasteiger partial charge in [-0.1, -0.05) is 0 Å². The van der Waals surface area contributed by atoms with Gasteiger partial charge >= 0.3 is 12.4 Å². The van der Waals surface area contributed by atoms with Crippen molar-refractivity contribution in [3.8, 4) is 46.5 Å². The van der Waals surface area contributed by atoms with Gasteiger partial charge in [-0.3, -0.25) is 0 Å². The topological polar surface area (TPSA) is 95.2 Å². The normalized spacial score (nSPS) is 11.6. The van der Waals surface area contributed by atoms with Crippen LogP contribution in [0, 0.1) is 68.6 Å². The van der Waals surface area contributed by atoms with Gasteiger partial charge in [0.25, 0.3) is 0 Å². The minimum Gasteiger partial charge on any atom is -0.206 e. The minimum absolute atomic E-state index is 0.109. The molecule has 0 aliphatic carbocycles. The molecule has 0 atom stereocenters. The Morgan fingerprint density at radius 2 is 0.783 bits per heavy atom. The number of benzene rings is 3. The van der Waals surface area contributed by atoms with Gasteiger partial charge < -0.3 is 0 Å². The maximum Gasteiger partial charge on any atom is 0.422 e. The van der Waals surface area contributed by atoms with Crippen molar-refractivity contribution in [2.75, 3.05) is 0 Å². The van der Waals surface area contributed by atoms with Crippen molar-refractivity contribution in [3.63, 3.8) is 0 Å². The van der Waals surface area contributed by atoms with Crippen LogP contribution in [0.25, 0.3) is 53.6 Å². The van der Waals surface area contributed by atoms with Crippen LogP contribution in [0.3, 0.4) is 0 Å². The molecular formula is C30H6F10N4S2. The molecule has 0 aliphatic heterocycles. The number of halogens is 10. The third kappa shape index (κ3) is 5.18. The second-order valence-electron chi connectivity index (χ2n) is 9.28. The number of nitrogens with zero attached hydrogens (tertiary/aromatic N) is 4. The molecule has 2 aromatic heterocycles. The van der Waals surface area contributed by atoms with Gasteiger partial charge in [-0.25, -0.2) is 17.6 Å². The van der Waals surface area contributed by atoms with Crippen LogP contribution < -0.4 is 9.06 Å². The molecule has 0 saturated carbocycles. The third-order valence-corrected chi connectivity index (χ3v) is 8.97. The highest BCUT2D eigenvalue weighted by atomic mass is 32.1. The molecule has 0 aliphatic rings. The average molecular weight is 677 g/mol. The van der Waals surface area contributed by atoms with E-state index in [2.05, 4.69) is 0 Å². The summed E-state index contributed by atoms with van der Waals surface area (Å²) in [6.45, 7) is 0. The number of hydrogen-bond donors (Lipinski definition) is 0. The lowest BCUT2D eigenvalue weighted by Crippen LogP contribution is -2.11. The summed E-state index contributed by atoms with van der Waals surface area (Å²) >= 11 is 1.23. The SMILES string of the molecule is N#CC(C#N)=c1cc2c(-c3cc(F)c(C(F)(F)F)c(F)c3)c3sc(=C(C#N)C#N)cc3c(-c3cc(F)c(C(F)(F)F)c(F)c3)c2s1. The van der Waals surface area contributed by atoms with Gasteiger partial charge in [-0.15, -0.1) is 22.7 Å². The van der Waals surface area contributed by atoms with E-state index in [0.717, 1.165) is 12.1 Å². The number of rotatable bonds is 2. The molecule has 0 N–H and O–H groups in total. The molecule has 0 unspecified atom stereocenters. The molecule has 16 heteroatoms. The lowest BCUT2D eigenvalue weighted by atomic mass is 9.92. The molecule has 228 valence electrons. The fourth-order valence-corrected chi connectivity index (χ4v) is 7.22. The van der Waals surface area contributed by atoms with E-state index in [1.807, 2.05) is 0 Å². The van der Waals surface area contributed by atoms with Crippen LogP contribution in [-0.4, -0.2) is 0 Å². The van der Waals surface area contributed by atoms with E-state index in [4.69, 9.17) is 0 Å². The zero-order chi connectivity index (χ0) is 33.9. The number of thiophene rings is 2. The third-order valence-electron chi connectivity index (χ3n) is 6.63. The average Bonchev–Trinajstić information content (AvgIpc) is 3.55. The minimum atomic E-state index is -5.43. The fraction of sp³-hybridized carbons (Fsp3) is 0.0667. The predicted octanol–water partition coefficient (Wildman–Crippen LogP) is 8.44. The standard InChI is InChI=1S/C30H6F10N4S2/c31-17-1-11(2-18(32)25(17)29(35,36)37)23-15-5-21(13(7-41)8-42)46-28(15)24(16-6-22(45-27(16)23)14(9-43)10-44)12-3-19(33)26(20(34)4-12)30(38,39)40/h1-6H. The lowest BCUT2D eigenvalue weighted by molar-refractivity contribution is -0.143. The second kappa shape index (κ2) is 11.2. The Bertz CT molecular complexity index is 2130. The van der Waals surface area contributed by atoms with Crippen molar-refractivity contribution in [1.29, 1.82) is 21.0 Å². The highest BCUT2D eigenvalue weighted by molar-refractivity contribution is 7.20. The Balaban J connectivity index is 2.09. The molecule has 0 radical (unpaired) electrons. The van der Waals surface area contributed by atoms with E-state index in [1.165, 1.54) is 0 Å². The fourth-order valence-electron chi connectivity index (χ4n) is 4.84. The molecule has 5 aromatic rings. The molecule has 4 nitrogen and oxygen atoms in total. The molecule has 5 rings (SSSR count). The number of alkyl halides is 6. The van der Waals surface area contributed by atoms with Crippen molar-refractivity contribution in [2.24, 2.45) is 0 Å². The van der Waals surface area contributed by atoms with Crippen LogP contribution in [0.4, 0.5) is 43.9 Å². The highest BCUT2D eigenvalue weighted by Crippen LogP contribution is 2.48. The van der Waals surface area contributed by atoms with Gasteiger partial charge in [-0.2, -0.15) is 47.4 Å². The van der Waals surface area contributed by atoms with Gasteiger partial charge in [0.1, 0.15) is 69.8 Å². The van der Waals surface area contributed by atoms with E-state index in [-0.39, 0.29) is 40.4 Å². The summed E-state index contributed by atoms with van der Waals surface area (Å²) in [5.41, 5.74) is -6.92. The zero-order valence-electron chi connectivity index (χ0n) is 21.8. The first-order valence-corrected chi connectivity index (χ1v) is 13.7. The molecule has 0 bridgehead atoms. The maximum atomic E-state index is 14.8. The Hall–Kier alpha value is -5.42. The summed E-state index contributed by atoms with van der Waals surface area (Å²) in [7, 11) is 0. The molecule has 2 heterocycles. The van der Waals surface area contributed by atoms with Crippen LogP contribution in [-0.2, 0) is 12.4 Å². The number of nitriles is 4. The van der Waals surface area contributed by atoms with Crippen molar-refractivity contribution >= 4 is 54.0 Å². The summed E-state index contributed by atoms with van der Waals surface area (Å²) in [5.74, 6) is -8.08. The van der Waals surface area contributed by atoms with Gasteiger partial charge in [0.2, 0.25) is 0 Å². The Labute approximate surface area is 257 Å². The smallest absolute Gasteiger partial charge is 0.206 e. The van der Waals surface area contributed by atoms with Crippen molar-refractivity contribution < 1.29 is 43.9 Å². The van der Waals surface area contributed by atoms with Crippen LogP contribution >= 0.6 is 22.7 Å². The summed E-state index contributed by atoms with van der Waals surface area (Å²) in [6.07, 6.45) is -10.9. The van der Waals surface area contributed by atoms with Gasteiger partial charge in [-0.05, 0) is 47.5 Å². The molecule has 0 fully saturated rings. The lowest BCUT2D eigenvalue weighted by Gasteiger charge is -2.16. The molecule has 0 saturated heterocycles. The second-order valence-corrected chi connectivity index (χ2v) is 11.4. The van der Waals surface area contributed by atoms with Crippen LogP contribution in [0.2, 0.25) is 0 Å². The highest BCUT2D eigenvalue weighted by Gasteiger charge is 2.39. The molecular weight excluding hydrogens is 670 g/mol. The number of fused-ring (bicyclic) bond motifs is 2. The molecule has 0 amide bonds. The van der Waals surface area contributed by atoms with E-state index in [9.17, 15) is 65.0 Å². The van der Waals surface area contributed by atoms with E-state index in [0.29, 0.717) is 46.9 Å². The molecule has 0 spiro atoms. The van der Waals surface area contributed by atoms with Crippen molar-refractivity contribution in [2.45, 2.75) is 12.4 Å². The van der Waals surface area contributed by atoms with Gasteiger partial charge in [0.15, 0.2) is 0 Å². The predicted molar refractivity (Wildman–Crippen MR) is 146 cm³/mol. The van der Waals surface area contributed by atoms with E-state index in [1.54, 1.807) is 24.3 Å². The Morgan fingerprint density at radius 3 is 1.02 bits per heavy atom. The number of hydrogen-bond acceptors (Lipinski definition) is 6. The van der Waals surface area contributed by atoms with Crippen LogP contribution in [0.15, 0.2) is 36.4 Å². The quantitative estimate of drug-likeness (QED) is 0.176. The van der Waals surface area contributed by atoms with Crippen molar-refractivity contribution in [1.82, 2.24) is 0 Å². The monoisotopic (exact) mass is 676 g/mol. The maximum absolute atomic E-state index is 14.8. The summed E-state index contributed by atoms with van der Waals surface area (Å²) in [4.78, 5) is 0. The van der Waals surface area contributed by atoms with E-state index >= 15 is 0 Å². The summed E-state index contributed by atoms with van der Waals surface area (Å²) in [5, 5.41) is 37.6. The van der Waals surface area contributed by atoms with Gasteiger partial charge in [0, 0.05) is 31.3 Å². The van der Waals surface area contributed by atoms with Gasteiger partial charge in [0.05, 0.1) is 9.06 Å². The first-order valence-electron chi connectivity index (χ1n) is 12.1.